The minimum absolute atomic E-state index is 0. The average molecular weight is 512 g/mol. The maximum Gasteiger partial charge on any atom is 0.193 e. The number of benzene rings is 2. The highest BCUT2D eigenvalue weighted by Crippen LogP contribution is 2.25. The fraction of sp³-hybridized carbons (Fsp3) is 0.409. The molecule has 1 N–H and O–H groups in total. The number of hydrogen-bond acceptors (Lipinski definition) is 4. The highest BCUT2D eigenvalue weighted by atomic mass is 127. The van der Waals surface area contributed by atoms with Crippen molar-refractivity contribution in [3.05, 3.63) is 59.7 Å². The molecule has 1 atom stereocenters. The summed E-state index contributed by atoms with van der Waals surface area (Å²) in [5, 5.41) is 3.50. The molecule has 7 heteroatoms. The van der Waals surface area contributed by atoms with Crippen molar-refractivity contribution in [3.8, 4) is 11.5 Å². The van der Waals surface area contributed by atoms with Gasteiger partial charge in [-0.2, -0.15) is 0 Å². The molecule has 29 heavy (non-hydrogen) atoms. The van der Waals surface area contributed by atoms with Crippen molar-refractivity contribution in [2.45, 2.75) is 12.6 Å². The van der Waals surface area contributed by atoms with Gasteiger partial charge >= 0.3 is 0 Å². The molecule has 0 saturated heterocycles. The smallest absolute Gasteiger partial charge is 0.193 e. The molecule has 2 aromatic carbocycles. The standard InChI is InChI=1S/C22H32N4O2.HI/c1-23-22(24-15-20(25(2)3)17-10-8-7-9-11-17)26(4)16-18-12-13-19(27-5)14-21(18)28-6;/h7-14,20H,15-16H2,1-6H3,(H,23,24);1H. The molecule has 6 nitrogen and oxygen atoms in total. The molecule has 0 fully saturated rings. The molecule has 2 rings (SSSR count). The van der Waals surface area contributed by atoms with Crippen molar-refractivity contribution < 1.29 is 9.47 Å². The Hall–Kier alpha value is -2.00. The first-order chi connectivity index (χ1) is 13.5. The fourth-order valence-corrected chi connectivity index (χ4v) is 3.16. The van der Waals surface area contributed by atoms with Gasteiger partial charge in [0.05, 0.1) is 20.3 Å². The van der Waals surface area contributed by atoms with Crippen molar-refractivity contribution in [3.63, 3.8) is 0 Å². The van der Waals surface area contributed by atoms with E-state index in [1.54, 1.807) is 21.3 Å². The van der Waals surface area contributed by atoms with E-state index in [2.05, 4.69) is 58.5 Å². The van der Waals surface area contributed by atoms with Gasteiger partial charge in [0.15, 0.2) is 5.96 Å². The summed E-state index contributed by atoms with van der Waals surface area (Å²) in [5.74, 6) is 2.42. The summed E-state index contributed by atoms with van der Waals surface area (Å²) in [4.78, 5) is 8.74. The number of halogens is 1. The first kappa shape index (κ1) is 25.0. The van der Waals surface area contributed by atoms with Crippen LogP contribution in [0.4, 0.5) is 0 Å². The van der Waals surface area contributed by atoms with E-state index in [-0.39, 0.29) is 30.0 Å². The lowest BCUT2D eigenvalue weighted by Crippen LogP contribution is -2.42. The Morgan fingerprint density at radius 2 is 1.72 bits per heavy atom. The first-order valence-corrected chi connectivity index (χ1v) is 9.34. The largest absolute Gasteiger partial charge is 0.497 e. The van der Waals surface area contributed by atoms with E-state index >= 15 is 0 Å². The van der Waals surface area contributed by atoms with Crippen LogP contribution in [0.3, 0.4) is 0 Å². The van der Waals surface area contributed by atoms with E-state index in [9.17, 15) is 0 Å². The van der Waals surface area contributed by atoms with Crippen LogP contribution in [-0.4, -0.2) is 64.7 Å². The molecule has 0 aromatic heterocycles. The van der Waals surface area contributed by atoms with Gasteiger partial charge in [-0.05, 0) is 31.8 Å². The second-order valence-corrected chi connectivity index (χ2v) is 6.85. The van der Waals surface area contributed by atoms with Gasteiger partial charge in [-0.25, -0.2) is 0 Å². The van der Waals surface area contributed by atoms with E-state index in [1.807, 2.05) is 31.3 Å². The van der Waals surface area contributed by atoms with Crippen LogP contribution in [0.1, 0.15) is 17.2 Å². The molecule has 160 valence electrons. The molecule has 0 radical (unpaired) electrons. The SMILES string of the molecule is CN=C(NCC(c1ccccc1)N(C)C)N(C)Cc1ccc(OC)cc1OC.I. The Bertz CT molecular complexity index is 769. The zero-order valence-corrected chi connectivity index (χ0v) is 20.5. The average Bonchev–Trinajstić information content (AvgIpc) is 2.71. The van der Waals surface area contributed by atoms with Gasteiger partial charge in [-0.3, -0.25) is 4.99 Å². The topological polar surface area (TPSA) is 49.3 Å². The van der Waals surface area contributed by atoms with Gasteiger partial charge in [0.2, 0.25) is 0 Å². The van der Waals surface area contributed by atoms with Crippen molar-refractivity contribution in [2.75, 3.05) is 49.0 Å². The summed E-state index contributed by atoms with van der Waals surface area (Å²) < 4.78 is 10.8. The predicted octanol–water partition coefficient (Wildman–Crippen LogP) is 3.63. The van der Waals surface area contributed by atoms with Gasteiger partial charge < -0.3 is 24.6 Å². The van der Waals surface area contributed by atoms with Crippen LogP contribution in [0.25, 0.3) is 0 Å². The van der Waals surface area contributed by atoms with Crippen LogP contribution in [0.2, 0.25) is 0 Å². The van der Waals surface area contributed by atoms with Crippen LogP contribution in [-0.2, 0) is 6.54 Å². The molecule has 0 aliphatic heterocycles. The van der Waals surface area contributed by atoms with Crippen LogP contribution in [0, 0.1) is 0 Å². The number of methoxy groups -OCH3 is 2. The van der Waals surface area contributed by atoms with E-state index in [1.165, 1.54) is 5.56 Å². The van der Waals surface area contributed by atoms with Crippen molar-refractivity contribution in [1.82, 2.24) is 15.1 Å². The van der Waals surface area contributed by atoms with Gasteiger partial charge in [0, 0.05) is 38.8 Å². The lowest BCUT2D eigenvalue weighted by molar-refractivity contribution is 0.295. The molecular formula is C22H33IN4O2. The van der Waals surface area contributed by atoms with E-state index in [0.717, 1.165) is 29.6 Å². The van der Waals surface area contributed by atoms with Gasteiger partial charge in [-0.15, -0.1) is 24.0 Å². The molecule has 0 heterocycles. The lowest BCUT2D eigenvalue weighted by atomic mass is 10.1. The maximum absolute atomic E-state index is 5.52. The van der Waals surface area contributed by atoms with Crippen LogP contribution in [0.15, 0.2) is 53.5 Å². The zero-order valence-electron chi connectivity index (χ0n) is 18.2. The number of nitrogens with zero attached hydrogens (tertiary/aromatic N) is 3. The molecule has 0 bridgehead atoms. The summed E-state index contributed by atoms with van der Waals surface area (Å²) >= 11 is 0. The third kappa shape index (κ3) is 7.08. The molecule has 0 saturated carbocycles. The Morgan fingerprint density at radius 1 is 1.03 bits per heavy atom. The summed E-state index contributed by atoms with van der Waals surface area (Å²) in [6.07, 6.45) is 0. The third-order valence-electron chi connectivity index (χ3n) is 4.74. The number of aliphatic imine (C=N–C) groups is 1. The Morgan fingerprint density at radius 3 is 2.28 bits per heavy atom. The number of rotatable bonds is 8. The number of hydrogen-bond donors (Lipinski definition) is 1. The summed E-state index contributed by atoms with van der Waals surface area (Å²) in [6, 6.07) is 16.6. The zero-order chi connectivity index (χ0) is 20.5. The summed E-state index contributed by atoms with van der Waals surface area (Å²) in [6.45, 7) is 1.43. The Labute approximate surface area is 191 Å². The van der Waals surface area contributed by atoms with Gasteiger partial charge in [0.25, 0.3) is 0 Å². The van der Waals surface area contributed by atoms with Crippen LogP contribution < -0.4 is 14.8 Å². The second-order valence-electron chi connectivity index (χ2n) is 6.85. The summed E-state index contributed by atoms with van der Waals surface area (Å²) in [7, 11) is 11.3. The lowest BCUT2D eigenvalue weighted by Gasteiger charge is -2.28. The molecular weight excluding hydrogens is 479 g/mol. The van der Waals surface area contributed by atoms with E-state index in [0.29, 0.717) is 6.54 Å². The second kappa shape index (κ2) is 12.5. The first-order valence-electron chi connectivity index (χ1n) is 9.34. The third-order valence-corrected chi connectivity index (χ3v) is 4.74. The molecule has 1 unspecified atom stereocenters. The minimum atomic E-state index is 0. The van der Waals surface area contributed by atoms with Crippen LogP contribution in [0.5, 0.6) is 11.5 Å². The normalized spacial score (nSPS) is 12.2. The highest BCUT2D eigenvalue weighted by Gasteiger charge is 2.16. The minimum Gasteiger partial charge on any atom is -0.497 e. The van der Waals surface area contributed by atoms with Gasteiger partial charge in [-0.1, -0.05) is 30.3 Å². The summed E-state index contributed by atoms with van der Waals surface area (Å²) in [5.41, 5.74) is 2.34. The number of nitrogens with one attached hydrogen (secondary N) is 1. The van der Waals surface area contributed by atoms with Gasteiger partial charge in [0.1, 0.15) is 11.5 Å². The van der Waals surface area contributed by atoms with Crippen molar-refractivity contribution in [1.29, 1.82) is 0 Å². The Balaban J connectivity index is 0.00000420. The number of guanidine groups is 1. The molecule has 0 amide bonds. The highest BCUT2D eigenvalue weighted by molar-refractivity contribution is 14.0. The molecule has 2 aromatic rings. The van der Waals surface area contributed by atoms with Crippen LogP contribution >= 0.6 is 24.0 Å². The quantitative estimate of drug-likeness (QED) is 0.333. The molecule has 0 aliphatic rings. The predicted molar refractivity (Wildman–Crippen MR) is 131 cm³/mol. The number of likely N-dealkylation sites (N-methyl/N-ethyl adjacent to an activating group) is 1. The number of ether oxygens (including phenoxy) is 2. The molecule has 0 aliphatic carbocycles. The van der Waals surface area contributed by atoms with E-state index in [4.69, 9.17) is 9.47 Å². The Kier molecular flexibility index (Phi) is 10.8. The van der Waals surface area contributed by atoms with E-state index < -0.39 is 0 Å². The molecule has 0 spiro atoms. The monoisotopic (exact) mass is 512 g/mol. The van der Waals surface area contributed by atoms with Crippen molar-refractivity contribution in [2.24, 2.45) is 4.99 Å². The maximum atomic E-state index is 5.52. The van der Waals surface area contributed by atoms with Crippen molar-refractivity contribution >= 4 is 29.9 Å². The fourth-order valence-electron chi connectivity index (χ4n) is 3.16.